The van der Waals surface area contributed by atoms with E-state index >= 15 is 0 Å². The number of nitrogens with zero attached hydrogens (tertiary/aromatic N) is 1. The smallest absolute Gasteiger partial charge is 0.416 e. The zero-order valence-corrected chi connectivity index (χ0v) is 15.7. The van der Waals surface area contributed by atoms with Crippen LogP contribution in [0.2, 0.25) is 0 Å². The lowest BCUT2D eigenvalue weighted by Gasteiger charge is -2.13. The summed E-state index contributed by atoms with van der Waals surface area (Å²) in [4.78, 5) is 27.4. The van der Waals surface area contributed by atoms with Gasteiger partial charge in [-0.2, -0.15) is 13.2 Å². The lowest BCUT2D eigenvalue weighted by molar-refractivity contribution is -0.137. The molecule has 0 radical (unpaired) electrons. The number of pyridine rings is 1. The summed E-state index contributed by atoms with van der Waals surface area (Å²) >= 11 is 0. The van der Waals surface area contributed by atoms with Crippen molar-refractivity contribution in [3.8, 4) is 5.75 Å². The molecular weight excluding hydrogens is 419 g/mol. The molecule has 0 spiro atoms. The number of ether oxygens (including phenoxy) is 1. The quantitative estimate of drug-likeness (QED) is 0.616. The average molecular weight is 433 g/mol. The van der Waals surface area contributed by atoms with Crippen LogP contribution >= 0.6 is 0 Å². The van der Waals surface area contributed by atoms with Gasteiger partial charge in [0.25, 0.3) is 5.91 Å². The predicted octanol–water partition coefficient (Wildman–Crippen LogP) is 2.22. The number of amides is 1. The van der Waals surface area contributed by atoms with Crippen molar-refractivity contribution in [1.29, 1.82) is 0 Å². The Bertz CT molecular complexity index is 1070. The summed E-state index contributed by atoms with van der Waals surface area (Å²) < 4.78 is 68.2. The number of hydrogen-bond donors (Lipinski definition) is 3. The molecule has 13 heteroatoms. The fraction of sp³-hybridized carbons (Fsp3) is 0.188. The molecule has 9 nitrogen and oxygen atoms in total. The summed E-state index contributed by atoms with van der Waals surface area (Å²) in [6.07, 6.45) is -3.14. The Kier molecular flexibility index (Phi) is 6.01. The largest absolute Gasteiger partial charge is 0.504 e. The molecule has 0 atom stereocenters. The number of nitrogens with one attached hydrogen (secondary N) is 2. The minimum Gasteiger partial charge on any atom is -0.504 e. The monoisotopic (exact) mass is 433 g/mol. The predicted molar refractivity (Wildman–Crippen MR) is 95.1 cm³/mol. The summed E-state index contributed by atoms with van der Waals surface area (Å²) in [5.74, 6) is -2.98. The van der Waals surface area contributed by atoms with Gasteiger partial charge < -0.3 is 15.2 Å². The van der Waals surface area contributed by atoms with E-state index in [4.69, 9.17) is 0 Å². The van der Waals surface area contributed by atoms with Gasteiger partial charge in [-0.3, -0.25) is 9.52 Å². The summed E-state index contributed by atoms with van der Waals surface area (Å²) in [5, 5.41) is 11.9. The number of benzene rings is 1. The highest BCUT2D eigenvalue weighted by Crippen LogP contribution is 2.32. The van der Waals surface area contributed by atoms with Crippen LogP contribution in [0, 0.1) is 0 Å². The van der Waals surface area contributed by atoms with Crippen molar-refractivity contribution in [2.75, 3.05) is 23.4 Å². The van der Waals surface area contributed by atoms with Gasteiger partial charge in [0.15, 0.2) is 11.6 Å². The standard InChI is InChI=1S/C16H14F3N3O6S/c1-28-15(25)9-5-12(23)13(20-7-9)21-14(24)8-3-10(16(17,18)19)6-11(4-8)22-29(2,26)27/h3-7,22-23H,1-2H3,(H,20,21,24). The van der Waals surface area contributed by atoms with Crippen molar-refractivity contribution in [1.82, 2.24) is 4.98 Å². The van der Waals surface area contributed by atoms with Crippen LogP contribution in [-0.2, 0) is 20.9 Å². The second kappa shape index (κ2) is 7.95. The molecule has 1 aromatic heterocycles. The third kappa shape index (κ3) is 5.81. The van der Waals surface area contributed by atoms with Crippen LogP contribution in [0.25, 0.3) is 0 Å². The molecular formula is C16H14F3N3O6S. The van der Waals surface area contributed by atoms with Gasteiger partial charge in [0, 0.05) is 17.4 Å². The maximum absolute atomic E-state index is 13.1. The van der Waals surface area contributed by atoms with Gasteiger partial charge in [0.2, 0.25) is 10.0 Å². The number of methoxy groups -OCH3 is 1. The van der Waals surface area contributed by atoms with Gasteiger partial charge in [-0.15, -0.1) is 0 Å². The Hall–Kier alpha value is -3.35. The number of aromatic nitrogens is 1. The Labute approximate surface area is 162 Å². The number of anilines is 2. The van der Waals surface area contributed by atoms with Crippen LogP contribution in [0.4, 0.5) is 24.7 Å². The fourth-order valence-electron chi connectivity index (χ4n) is 2.15. The van der Waals surface area contributed by atoms with E-state index in [1.165, 1.54) is 0 Å². The molecule has 156 valence electrons. The first-order valence-corrected chi connectivity index (χ1v) is 9.48. The summed E-state index contributed by atoms with van der Waals surface area (Å²) in [6, 6.07) is 2.85. The first-order valence-electron chi connectivity index (χ1n) is 7.59. The molecule has 0 saturated carbocycles. The summed E-state index contributed by atoms with van der Waals surface area (Å²) in [7, 11) is -2.81. The number of carbonyl (C=O) groups is 2. The molecule has 2 rings (SSSR count). The van der Waals surface area contributed by atoms with Crippen molar-refractivity contribution in [2.45, 2.75) is 6.18 Å². The lowest BCUT2D eigenvalue weighted by Crippen LogP contribution is -2.17. The Morgan fingerprint density at radius 1 is 1.14 bits per heavy atom. The molecule has 2 aromatic rings. The van der Waals surface area contributed by atoms with Crippen molar-refractivity contribution in [2.24, 2.45) is 0 Å². The van der Waals surface area contributed by atoms with Crippen molar-refractivity contribution in [3.05, 3.63) is 47.2 Å². The maximum Gasteiger partial charge on any atom is 0.416 e. The fourth-order valence-corrected chi connectivity index (χ4v) is 2.70. The maximum atomic E-state index is 13.1. The molecule has 0 bridgehead atoms. The molecule has 0 saturated heterocycles. The highest BCUT2D eigenvalue weighted by atomic mass is 32.2. The molecule has 0 aliphatic carbocycles. The molecule has 0 unspecified atom stereocenters. The zero-order valence-electron chi connectivity index (χ0n) is 14.9. The molecule has 1 heterocycles. The molecule has 1 amide bonds. The van der Waals surface area contributed by atoms with Crippen LogP contribution < -0.4 is 10.0 Å². The third-order valence-electron chi connectivity index (χ3n) is 3.35. The van der Waals surface area contributed by atoms with Crippen LogP contribution in [0.15, 0.2) is 30.5 Å². The number of carbonyl (C=O) groups excluding carboxylic acids is 2. The number of alkyl halides is 3. The van der Waals surface area contributed by atoms with Gasteiger partial charge in [-0.05, 0) is 24.3 Å². The minimum absolute atomic E-state index is 0.123. The van der Waals surface area contributed by atoms with Crippen molar-refractivity contribution < 1.29 is 41.0 Å². The van der Waals surface area contributed by atoms with Crippen molar-refractivity contribution >= 4 is 33.4 Å². The van der Waals surface area contributed by atoms with Gasteiger partial charge in [-0.25, -0.2) is 18.2 Å². The second-order valence-electron chi connectivity index (χ2n) is 5.71. The van der Waals surface area contributed by atoms with Crippen LogP contribution in [0.1, 0.15) is 26.3 Å². The van der Waals surface area contributed by atoms with E-state index in [-0.39, 0.29) is 5.56 Å². The van der Waals surface area contributed by atoms with E-state index in [2.05, 4.69) is 15.0 Å². The number of aromatic hydroxyl groups is 1. The molecule has 0 aliphatic rings. The van der Waals surface area contributed by atoms with E-state index in [0.29, 0.717) is 12.1 Å². The first kappa shape index (κ1) is 21.9. The number of rotatable bonds is 5. The Morgan fingerprint density at radius 2 is 1.79 bits per heavy atom. The molecule has 0 aliphatic heterocycles. The van der Waals surface area contributed by atoms with Crippen LogP contribution in [0.3, 0.4) is 0 Å². The first-order chi connectivity index (χ1) is 13.3. The number of sulfonamides is 1. The normalized spacial score (nSPS) is 11.6. The van der Waals surface area contributed by atoms with E-state index in [1.807, 2.05) is 4.72 Å². The Balaban J connectivity index is 2.39. The average Bonchev–Trinajstić information content (AvgIpc) is 2.60. The van der Waals surface area contributed by atoms with E-state index < -0.39 is 56.5 Å². The van der Waals surface area contributed by atoms with E-state index in [9.17, 15) is 36.3 Å². The molecule has 0 fully saturated rings. The molecule has 3 N–H and O–H groups in total. The van der Waals surface area contributed by atoms with Gasteiger partial charge in [-0.1, -0.05) is 0 Å². The van der Waals surface area contributed by atoms with Crippen molar-refractivity contribution in [3.63, 3.8) is 0 Å². The van der Waals surface area contributed by atoms with Crippen LogP contribution in [-0.4, -0.2) is 43.8 Å². The van der Waals surface area contributed by atoms with Gasteiger partial charge in [0.05, 0.1) is 24.5 Å². The van der Waals surface area contributed by atoms with Crippen LogP contribution in [0.5, 0.6) is 5.75 Å². The highest BCUT2D eigenvalue weighted by Gasteiger charge is 2.32. The topological polar surface area (TPSA) is 135 Å². The lowest BCUT2D eigenvalue weighted by atomic mass is 10.1. The summed E-state index contributed by atoms with van der Waals surface area (Å²) in [6.45, 7) is 0. The number of esters is 1. The highest BCUT2D eigenvalue weighted by molar-refractivity contribution is 7.92. The number of hydrogen-bond acceptors (Lipinski definition) is 7. The molecule has 29 heavy (non-hydrogen) atoms. The zero-order chi connectivity index (χ0) is 22.0. The van der Waals surface area contributed by atoms with E-state index in [0.717, 1.165) is 31.7 Å². The van der Waals surface area contributed by atoms with Gasteiger partial charge in [0.1, 0.15) is 0 Å². The Morgan fingerprint density at radius 3 is 2.31 bits per heavy atom. The SMILES string of the molecule is COC(=O)c1cnc(NC(=O)c2cc(NS(C)(=O)=O)cc(C(F)(F)F)c2)c(O)c1. The molecule has 1 aromatic carbocycles. The summed E-state index contributed by atoms with van der Waals surface area (Å²) in [5.41, 5.74) is -2.42. The number of halogens is 3. The third-order valence-corrected chi connectivity index (χ3v) is 3.95. The second-order valence-corrected chi connectivity index (χ2v) is 7.46. The van der Waals surface area contributed by atoms with Gasteiger partial charge >= 0.3 is 12.1 Å². The minimum atomic E-state index is -4.85. The van der Waals surface area contributed by atoms with E-state index in [1.54, 1.807) is 0 Å².